The van der Waals surface area contributed by atoms with Gasteiger partial charge in [0.05, 0.1) is 0 Å². The molecule has 4 unspecified atom stereocenters. The molecule has 7 heteroatoms. The number of aliphatic carboxylic acids is 1. The number of carbonyl (C=O) groups is 2. The second-order valence-electron chi connectivity index (χ2n) is 8.98. The zero-order valence-corrected chi connectivity index (χ0v) is 19.7. The molecule has 1 saturated carbocycles. The number of carboxylic acids is 1. The normalized spacial score (nSPS) is 24.4. The summed E-state index contributed by atoms with van der Waals surface area (Å²) in [5, 5.41) is 12.1. The number of amides is 1. The van der Waals surface area contributed by atoms with E-state index in [2.05, 4.69) is 11.6 Å². The number of nitrogens with zero attached hydrogens (tertiary/aromatic N) is 1. The molecule has 4 atom stereocenters. The van der Waals surface area contributed by atoms with Gasteiger partial charge < -0.3 is 15.0 Å². The van der Waals surface area contributed by atoms with Crippen LogP contribution < -0.4 is 0 Å². The number of H-pyrrole nitrogens is 1. The van der Waals surface area contributed by atoms with Gasteiger partial charge in [0.25, 0.3) is 0 Å². The molecule has 1 aliphatic carbocycles. The zero-order chi connectivity index (χ0) is 23.5. The third-order valence-electron chi connectivity index (χ3n) is 7.23. The molecule has 1 aromatic heterocycles. The lowest BCUT2D eigenvalue weighted by molar-refractivity contribution is -0.158. The predicted octanol–water partition coefficient (Wildman–Crippen LogP) is 6.20. The molecule has 4 rings (SSSR count). The van der Waals surface area contributed by atoms with Gasteiger partial charge in [-0.15, -0.1) is 11.8 Å². The number of benzene rings is 1. The Kier molecular flexibility index (Phi) is 7.27. The van der Waals surface area contributed by atoms with Crippen molar-refractivity contribution in [1.29, 1.82) is 0 Å². The van der Waals surface area contributed by atoms with Crippen LogP contribution in [0.15, 0.2) is 47.4 Å². The molecule has 33 heavy (non-hydrogen) atoms. The van der Waals surface area contributed by atoms with E-state index >= 15 is 0 Å². The fourth-order valence-corrected chi connectivity index (χ4v) is 6.47. The smallest absolute Gasteiger partial charge is 0.326 e. The van der Waals surface area contributed by atoms with Crippen LogP contribution >= 0.6 is 11.8 Å². The number of thioether (sulfide) groups is 1. The first-order valence-corrected chi connectivity index (χ1v) is 12.6. The second kappa shape index (κ2) is 10.2. The third-order valence-corrected chi connectivity index (χ3v) is 8.19. The molecule has 1 aliphatic heterocycles. The van der Waals surface area contributed by atoms with Crippen LogP contribution in [0, 0.1) is 11.7 Å². The van der Waals surface area contributed by atoms with Gasteiger partial charge in [0, 0.05) is 35.5 Å². The second-order valence-corrected chi connectivity index (χ2v) is 10.0. The van der Waals surface area contributed by atoms with Gasteiger partial charge in [-0.2, -0.15) is 0 Å². The molecule has 176 valence electrons. The Bertz CT molecular complexity index is 1080. The number of carbonyl (C=O) groups excluding carboxylic acids is 1. The number of aromatic nitrogens is 1. The van der Waals surface area contributed by atoms with E-state index in [0.717, 1.165) is 37.0 Å². The molecule has 1 amide bonds. The van der Waals surface area contributed by atoms with Gasteiger partial charge in [0.1, 0.15) is 11.9 Å². The van der Waals surface area contributed by atoms with Crippen LogP contribution in [0.2, 0.25) is 0 Å². The predicted molar refractivity (Wildman–Crippen MR) is 130 cm³/mol. The highest BCUT2D eigenvalue weighted by Crippen LogP contribution is 2.43. The van der Waals surface area contributed by atoms with E-state index in [-0.39, 0.29) is 24.2 Å². The van der Waals surface area contributed by atoms with Crippen molar-refractivity contribution in [2.45, 2.75) is 69.9 Å². The third kappa shape index (κ3) is 4.60. The molecule has 2 heterocycles. The Morgan fingerprint density at radius 3 is 2.82 bits per heavy atom. The van der Waals surface area contributed by atoms with Crippen molar-refractivity contribution in [2.24, 2.45) is 5.92 Å². The summed E-state index contributed by atoms with van der Waals surface area (Å²) in [7, 11) is 0. The van der Waals surface area contributed by atoms with Crippen molar-refractivity contribution in [1.82, 2.24) is 9.88 Å². The number of halogens is 1. The van der Waals surface area contributed by atoms with Crippen LogP contribution in [0.4, 0.5) is 4.39 Å². The molecule has 0 bridgehead atoms. The van der Waals surface area contributed by atoms with Crippen molar-refractivity contribution >= 4 is 34.5 Å². The van der Waals surface area contributed by atoms with Gasteiger partial charge in [-0.3, -0.25) is 4.79 Å². The highest BCUT2D eigenvalue weighted by atomic mass is 32.2. The van der Waals surface area contributed by atoms with Crippen LogP contribution in [0.25, 0.3) is 10.9 Å². The lowest BCUT2D eigenvalue weighted by Crippen LogP contribution is -2.57. The van der Waals surface area contributed by atoms with E-state index in [0.29, 0.717) is 28.8 Å². The van der Waals surface area contributed by atoms with Gasteiger partial charge in [-0.25, -0.2) is 9.18 Å². The molecule has 2 fully saturated rings. The number of piperidine rings is 1. The van der Waals surface area contributed by atoms with Crippen molar-refractivity contribution in [2.75, 3.05) is 0 Å². The van der Waals surface area contributed by atoms with E-state index < -0.39 is 17.9 Å². The molecule has 5 nitrogen and oxygen atoms in total. The monoisotopic (exact) mass is 470 g/mol. The molecular formula is C26H31FN2O3S. The van der Waals surface area contributed by atoms with E-state index in [1.165, 1.54) is 17.8 Å². The number of allylic oxidation sites excluding steroid dienone is 2. The van der Waals surface area contributed by atoms with Gasteiger partial charge in [0.2, 0.25) is 5.91 Å². The minimum atomic E-state index is -0.936. The highest BCUT2D eigenvalue weighted by Gasteiger charge is 2.44. The molecule has 1 aromatic carbocycles. The van der Waals surface area contributed by atoms with Crippen molar-refractivity contribution in [3.63, 3.8) is 0 Å². The molecule has 0 radical (unpaired) electrons. The number of hydrogen-bond donors (Lipinski definition) is 2. The van der Waals surface area contributed by atoms with E-state index in [9.17, 15) is 19.1 Å². The lowest BCUT2D eigenvalue weighted by Gasteiger charge is -2.47. The number of aromatic amines is 1. The first-order chi connectivity index (χ1) is 16.0. The van der Waals surface area contributed by atoms with Gasteiger partial charge in [-0.05, 0) is 66.5 Å². The first-order valence-electron chi connectivity index (χ1n) is 11.7. The topological polar surface area (TPSA) is 73.4 Å². The summed E-state index contributed by atoms with van der Waals surface area (Å²) in [6.45, 7) is 5.71. The molecule has 2 aromatic rings. The number of hydrogen-bond acceptors (Lipinski definition) is 3. The Labute approximate surface area is 198 Å². The fraction of sp³-hybridized carbons (Fsp3) is 0.462. The molecule has 2 N–H and O–H groups in total. The Hall–Kier alpha value is -2.54. The Balaban J connectivity index is 1.72. The summed E-state index contributed by atoms with van der Waals surface area (Å²) < 4.78 is 14.8. The maximum absolute atomic E-state index is 14.8. The quantitative estimate of drug-likeness (QED) is 0.506. The average Bonchev–Trinajstić information content (AvgIpc) is 3.25. The van der Waals surface area contributed by atoms with Crippen molar-refractivity contribution < 1.29 is 19.1 Å². The number of fused-ring (bicyclic) bond motifs is 2. The van der Waals surface area contributed by atoms with Crippen molar-refractivity contribution in [3.8, 4) is 0 Å². The zero-order valence-electron chi connectivity index (χ0n) is 18.9. The molecule has 1 saturated heterocycles. The number of nitrogens with one attached hydrogen (secondary N) is 1. The molecule has 2 aliphatic rings. The molecule has 0 spiro atoms. The maximum Gasteiger partial charge on any atom is 0.326 e. The summed E-state index contributed by atoms with van der Waals surface area (Å²) in [6, 6.07) is 4.07. The van der Waals surface area contributed by atoms with E-state index in [4.69, 9.17) is 0 Å². The van der Waals surface area contributed by atoms with Gasteiger partial charge in [0.15, 0.2) is 0 Å². The minimum Gasteiger partial charge on any atom is -0.480 e. The SMILES string of the molecule is C=CS/C(=C\C)C(CC(=O)N1C(C(=O)O)CCC2CCCCC21)c1c[nH]c2cccc(F)c12. The first kappa shape index (κ1) is 23.6. The minimum absolute atomic E-state index is 0.0254. The number of likely N-dealkylation sites (tertiary alicyclic amines) is 1. The fourth-order valence-electron chi connectivity index (χ4n) is 5.77. The largest absolute Gasteiger partial charge is 0.480 e. The standard InChI is InChI=1S/C26H31FN2O3S/c1-3-23(33-4-2)17(18-15-28-20-10-7-9-19(27)25(18)20)14-24(30)29-21-11-6-5-8-16(21)12-13-22(29)26(31)32/h3-4,7,9-10,15-17,21-22,28H,2,5-6,8,11-14H2,1H3,(H,31,32)/b23-3-. The van der Waals surface area contributed by atoms with Crippen LogP contribution in [0.5, 0.6) is 0 Å². The van der Waals surface area contributed by atoms with Crippen molar-refractivity contribution in [3.05, 3.63) is 58.7 Å². The lowest BCUT2D eigenvalue weighted by atomic mass is 9.76. The Morgan fingerprint density at radius 1 is 1.30 bits per heavy atom. The van der Waals surface area contributed by atoms with E-state index in [1.54, 1.807) is 22.6 Å². The van der Waals surface area contributed by atoms with Gasteiger partial charge >= 0.3 is 5.97 Å². The number of carboxylic acid groups (broad SMARTS) is 1. The summed E-state index contributed by atoms with van der Waals surface area (Å²) >= 11 is 1.42. The van der Waals surface area contributed by atoms with Crippen LogP contribution in [0.1, 0.15) is 63.4 Å². The summed E-state index contributed by atoms with van der Waals surface area (Å²) in [5.74, 6) is -1.47. The summed E-state index contributed by atoms with van der Waals surface area (Å²) in [5.41, 5.74) is 1.39. The number of rotatable bonds is 7. The highest BCUT2D eigenvalue weighted by molar-refractivity contribution is 8.05. The van der Waals surface area contributed by atoms with E-state index in [1.807, 2.05) is 19.1 Å². The Morgan fingerprint density at radius 2 is 2.09 bits per heavy atom. The van der Waals surface area contributed by atoms with Crippen LogP contribution in [-0.4, -0.2) is 39.0 Å². The van der Waals surface area contributed by atoms with Crippen LogP contribution in [0.3, 0.4) is 0 Å². The van der Waals surface area contributed by atoms with Gasteiger partial charge in [-0.1, -0.05) is 31.6 Å². The molecular weight excluding hydrogens is 439 g/mol. The van der Waals surface area contributed by atoms with Crippen LogP contribution in [-0.2, 0) is 9.59 Å². The summed E-state index contributed by atoms with van der Waals surface area (Å²) in [4.78, 5) is 31.6. The maximum atomic E-state index is 14.8. The average molecular weight is 471 g/mol. The summed E-state index contributed by atoms with van der Waals surface area (Å²) in [6.07, 6.45) is 9.19.